The van der Waals surface area contributed by atoms with Gasteiger partial charge in [-0.3, -0.25) is 9.59 Å². The highest BCUT2D eigenvalue weighted by atomic mass is 32.2. The number of phenols is 1. The number of aromatic hydroxyl groups is 1. The van der Waals surface area contributed by atoms with E-state index in [0.717, 1.165) is 18.6 Å². The zero-order valence-electron chi connectivity index (χ0n) is 16.5. The van der Waals surface area contributed by atoms with Crippen LogP contribution in [0.25, 0.3) is 0 Å². The minimum absolute atomic E-state index is 0.0419. The van der Waals surface area contributed by atoms with Gasteiger partial charge in [-0.15, -0.1) is 11.8 Å². The van der Waals surface area contributed by atoms with Crippen LogP contribution in [-0.4, -0.2) is 61.3 Å². The maximum absolute atomic E-state index is 11.9. The molecule has 1 aromatic carbocycles. The fourth-order valence-electron chi connectivity index (χ4n) is 2.24. The Labute approximate surface area is 171 Å². The summed E-state index contributed by atoms with van der Waals surface area (Å²) in [6.45, 7) is 4.24. The summed E-state index contributed by atoms with van der Waals surface area (Å²) >= 11 is 1.64. The number of para-hydroxylation sites is 1. The van der Waals surface area contributed by atoms with Crippen molar-refractivity contribution in [2.75, 3.05) is 44.5 Å². The van der Waals surface area contributed by atoms with Crippen LogP contribution in [0.15, 0.2) is 36.4 Å². The summed E-state index contributed by atoms with van der Waals surface area (Å²) in [7, 11) is 0. The van der Waals surface area contributed by atoms with Gasteiger partial charge in [0, 0.05) is 25.3 Å². The molecule has 0 saturated carbocycles. The zero-order valence-corrected chi connectivity index (χ0v) is 17.3. The first-order valence-electron chi connectivity index (χ1n) is 9.61. The van der Waals surface area contributed by atoms with Gasteiger partial charge in [-0.2, -0.15) is 0 Å². The Morgan fingerprint density at radius 1 is 1.11 bits per heavy atom. The van der Waals surface area contributed by atoms with E-state index in [4.69, 9.17) is 9.47 Å². The predicted octanol–water partition coefficient (Wildman–Crippen LogP) is 3.20. The number of hydrogen-bond donors (Lipinski definition) is 2. The van der Waals surface area contributed by atoms with Gasteiger partial charge in [0.2, 0.25) is 0 Å². The van der Waals surface area contributed by atoms with Crippen molar-refractivity contribution in [2.45, 2.75) is 26.2 Å². The summed E-state index contributed by atoms with van der Waals surface area (Å²) in [4.78, 5) is 23.5. The van der Waals surface area contributed by atoms with Crippen LogP contribution >= 0.6 is 11.8 Å². The molecule has 0 atom stereocenters. The number of carbonyl (C=O) groups is 2. The molecule has 156 valence electrons. The van der Waals surface area contributed by atoms with E-state index in [1.807, 2.05) is 0 Å². The predicted molar refractivity (Wildman–Crippen MR) is 113 cm³/mol. The van der Waals surface area contributed by atoms with Gasteiger partial charge in [0.05, 0.1) is 31.1 Å². The van der Waals surface area contributed by atoms with E-state index in [9.17, 15) is 14.7 Å². The molecule has 0 aliphatic rings. The first-order valence-corrected chi connectivity index (χ1v) is 10.8. The van der Waals surface area contributed by atoms with Gasteiger partial charge in [0.25, 0.3) is 5.91 Å². The molecule has 28 heavy (non-hydrogen) atoms. The number of ketones is 1. The van der Waals surface area contributed by atoms with Gasteiger partial charge >= 0.3 is 0 Å². The van der Waals surface area contributed by atoms with Crippen molar-refractivity contribution in [3.8, 4) is 5.75 Å². The molecule has 1 rings (SSSR count). The van der Waals surface area contributed by atoms with E-state index < -0.39 is 0 Å². The van der Waals surface area contributed by atoms with E-state index in [2.05, 4.69) is 24.4 Å². The quantitative estimate of drug-likeness (QED) is 0.322. The minimum atomic E-state index is -0.331. The van der Waals surface area contributed by atoms with Crippen molar-refractivity contribution in [3.63, 3.8) is 0 Å². The number of nitrogens with one attached hydrogen (secondary N) is 1. The van der Waals surface area contributed by atoms with Crippen molar-refractivity contribution in [1.82, 2.24) is 5.32 Å². The first-order chi connectivity index (χ1) is 13.6. The number of amides is 1. The maximum Gasteiger partial charge on any atom is 0.255 e. The van der Waals surface area contributed by atoms with Crippen LogP contribution in [0.3, 0.4) is 0 Å². The Hall–Kier alpha value is -1.83. The molecular formula is C21H31NO5S. The number of hydrogen-bond acceptors (Lipinski definition) is 6. The number of carbonyl (C=O) groups excluding carboxylic acids is 2. The third-order valence-electron chi connectivity index (χ3n) is 3.68. The van der Waals surface area contributed by atoms with Crippen molar-refractivity contribution >= 4 is 23.5 Å². The topological polar surface area (TPSA) is 84.9 Å². The Morgan fingerprint density at radius 3 is 2.61 bits per heavy atom. The Bertz CT molecular complexity index is 606. The molecule has 0 aromatic heterocycles. The van der Waals surface area contributed by atoms with Crippen LogP contribution < -0.4 is 5.32 Å². The fraction of sp³-hybridized carbons (Fsp3) is 0.524. The molecule has 0 bridgehead atoms. The summed E-state index contributed by atoms with van der Waals surface area (Å²) in [5.74, 6) is 1.33. The Morgan fingerprint density at radius 2 is 1.86 bits per heavy atom. The minimum Gasteiger partial charge on any atom is -0.507 e. The summed E-state index contributed by atoms with van der Waals surface area (Å²) in [5.41, 5.74) is 0.246. The highest BCUT2D eigenvalue weighted by molar-refractivity contribution is 8.00. The fourth-order valence-corrected chi connectivity index (χ4v) is 3.00. The van der Waals surface area contributed by atoms with Crippen LogP contribution in [0.5, 0.6) is 5.75 Å². The lowest BCUT2D eigenvalue weighted by molar-refractivity contribution is -0.116. The van der Waals surface area contributed by atoms with Crippen LogP contribution in [0.2, 0.25) is 0 Å². The van der Waals surface area contributed by atoms with Crippen LogP contribution in [0, 0.1) is 0 Å². The second kappa shape index (κ2) is 16.2. The molecule has 6 nitrogen and oxygen atoms in total. The third-order valence-corrected chi connectivity index (χ3v) is 4.63. The number of allylic oxidation sites excluding steroid dienone is 1. The second-order valence-corrected chi connectivity index (χ2v) is 7.07. The lowest BCUT2D eigenvalue weighted by atomic mass is 10.2. The molecule has 0 unspecified atom stereocenters. The number of rotatable bonds is 16. The molecule has 0 heterocycles. The molecule has 0 spiro atoms. The molecule has 0 aliphatic heterocycles. The lowest BCUT2D eigenvalue weighted by Crippen LogP contribution is -2.27. The van der Waals surface area contributed by atoms with E-state index in [-0.39, 0.29) is 23.0 Å². The van der Waals surface area contributed by atoms with E-state index in [0.29, 0.717) is 45.1 Å². The van der Waals surface area contributed by atoms with Crippen molar-refractivity contribution in [2.24, 2.45) is 0 Å². The summed E-state index contributed by atoms with van der Waals surface area (Å²) < 4.78 is 10.8. The standard InChI is InChI=1S/C21H31NO5S/c1-2-3-6-16-28-17-18(23)8-7-12-26-14-15-27-13-11-22-21(25)19-9-4-5-10-20(19)24/h3-6,9-10,24H,2,7-8,11-17H2,1H3,(H,22,25)/b6-3-. The monoisotopic (exact) mass is 409 g/mol. The average molecular weight is 410 g/mol. The molecule has 0 fully saturated rings. The summed E-state index contributed by atoms with van der Waals surface area (Å²) in [6, 6.07) is 6.39. The molecule has 0 saturated heterocycles. The average Bonchev–Trinajstić information content (AvgIpc) is 2.69. The number of phenolic OH excluding ortho intramolecular Hbond substituents is 1. The normalized spacial score (nSPS) is 11.0. The number of Topliss-reactive ketones (excluding diaryl/α,β-unsaturated/α-hetero) is 1. The van der Waals surface area contributed by atoms with Gasteiger partial charge in [-0.25, -0.2) is 0 Å². The summed E-state index contributed by atoms with van der Waals surface area (Å²) in [6.07, 6.45) is 6.50. The van der Waals surface area contributed by atoms with Crippen LogP contribution in [0.1, 0.15) is 36.5 Å². The highest BCUT2D eigenvalue weighted by Crippen LogP contribution is 2.14. The van der Waals surface area contributed by atoms with Crippen LogP contribution in [0.4, 0.5) is 0 Å². The van der Waals surface area contributed by atoms with Crippen LogP contribution in [-0.2, 0) is 14.3 Å². The number of thioether (sulfide) groups is 1. The number of ether oxygens (including phenoxy) is 2. The molecule has 7 heteroatoms. The van der Waals surface area contributed by atoms with Crippen molar-refractivity contribution in [3.05, 3.63) is 42.0 Å². The van der Waals surface area contributed by atoms with Gasteiger partial charge in [0.15, 0.2) is 0 Å². The second-order valence-electron chi connectivity index (χ2n) is 6.03. The van der Waals surface area contributed by atoms with E-state index in [1.165, 1.54) is 6.07 Å². The Balaban J connectivity index is 1.90. The van der Waals surface area contributed by atoms with E-state index >= 15 is 0 Å². The molecule has 0 radical (unpaired) electrons. The van der Waals surface area contributed by atoms with Gasteiger partial charge in [0.1, 0.15) is 11.5 Å². The highest BCUT2D eigenvalue weighted by Gasteiger charge is 2.08. The third kappa shape index (κ3) is 11.8. The molecule has 2 N–H and O–H groups in total. The molecule has 1 aromatic rings. The largest absolute Gasteiger partial charge is 0.507 e. The van der Waals surface area contributed by atoms with Crippen molar-refractivity contribution < 1.29 is 24.2 Å². The van der Waals surface area contributed by atoms with Gasteiger partial charge in [-0.1, -0.05) is 31.2 Å². The van der Waals surface area contributed by atoms with Gasteiger partial charge in [-0.05, 0) is 25.0 Å². The lowest BCUT2D eigenvalue weighted by Gasteiger charge is -2.08. The van der Waals surface area contributed by atoms with E-state index in [1.54, 1.807) is 30.0 Å². The Kier molecular flexibility index (Phi) is 14.0. The number of benzene rings is 1. The SMILES string of the molecule is CC/C=C\CSCC(=O)CCCOCCOCCNC(=O)c1ccccc1O. The van der Waals surface area contributed by atoms with Crippen molar-refractivity contribution in [1.29, 1.82) is 0 Å². The smallest absolute Gasteiger partial charge is 0.255 e. The molecule has 0 aliphatic carbocycles. The van der Waals surface area contributed by atoms with Gasteiger partial charge < -0.3 is 19.9 Å². The first kappa shape index (κ1) is 24.2. The molecular weight excluding hydrogens is 378 g/mol. The maximum atomic E-state index is 11.9. The zero-order chi connectivity index (χ0) is 20.5. The summed E-state index contributed by atoms with van der Waals surface area (Å²) in [5, 5.41) is 12.3. The molecule has 1 amide bonds.